The van der Waals surface area contributed by atoms with Gasteiger partial charge in [0.2, 0.25) is 5.91 Å². The van der Waals surface area contributed by atoms with Crippen LogP contribution in [0.25, 0.3) is 0 Å². The molecule has 1 unspecified atom stereocenters. The number of aliphatic hydroxyl groups excluding tert-OH is 1. The van der Waals surface area contributed by atoms with E-state index in [1.54, 1.807) is 12.1 Å². The van der Waals surface area contributed by atoms with Crippen molar-refractivity contribution in [3.8, 4) is 0 Å². The van der Waals surface area contributed by atoms with Gasteiger partial charge in [0.1, 0.15) is 5.82 Å². The number of halogens is 1. The Morgan fingerprint density at radius 2 is 2.11 bits per heavy atom. The molecule has 18 heavy (non-hydrogen) atoms. The fraction of sp³-hybridized carbons (Fsp3) is 0.462. The van der Waals surface area contributed by atoms with Gasteiger partial charge in [0.25, 0.3) is 0 Å². The number of thioether (sulfide) groups is 1. The zero-order valence-electron chi connectivity index (χ0n) is 10.4. The summed E-state index contributed by atoms with van der Waals surface area (Å²) < 4.78 is 12.7. The van der Waals surface area contributed by atoms with E-state index in [2.05, 4.69) is 5.32 Å². The second-order valence-electron chi connectivity index (χ2n) is 3.99. The smallest absolute Gasteiger partial charge is 0.230 e. The highest BCUT2D eigenvalue weighted by molar-refractivity contribution is 8.00. The van der Waals surface area contributed by atoms with E-state index in [4.69, 9.17) is 0 Å². The minimum Gasteiger partial charge on any atom is -0.391 e. The molecule has 0 aliphatic carbocycles. The fourth-order valence-electron chi connectivity index (χ4n) is 1.40. The SMILES string of the molecule is CCCC(O)CNC(=O)CSc1ccc(F)cc1. The van der Waals surface area contributed by atoms with Crippen LogP contribution in [-0.2, 0) is 4.79 Å². The van der Waals surface area contributed by atoms with Crippen molar-refractivity contribution in [2.45, 2.75) is 30.8 Å². The van der Waals surface area contributed by atoms with E-state index in [0.717, 1.165) is 11.3 Å². The maximum atomic E-state index is 12.7. The van der Waals surface area contributed by atoms with Crippen LogP contribution in [0.1, 0.15) is 19.8 Å². The minimum absolute atomic E-state index is 0.125. The Labute approximate surface area is 111 Å². The summed E-state index contributed by atoms with van der Waals surface area (Å²) in [6, 6.07) is 6.01. The number of carbonyl (C=O) groups excluding carboxylic acids is 1. The van der Waals surface area contributed by atoms with Crippen molar-refractivity contribution >= 4 is 17.7 Å². The van der Waals surface area contributed by atoms with Crippen LogP contribution in [0.2, 0.25) is 0 Å². The molecule has 100 valence electrons. The number of hydrogen-bond donors (Lipinski definition) is 2. The maximum absolute atomic E-state index is 12.7. The first kappa shape index (κ1) is 15.0. The van der Waals surface area contributed by atoms with Crippen molar-refractivity contribution in [3.05, 3.63) is 30.1 Å². The van der Waals surface area contributed by atoms with E-state index >= 15 is 0 Å². The summed E-state index contributed by atoms with van der Waals surface area (Å²) in [4.78, 5) is 12.3. The Bertz CT molecular complexity index is 370. The van der Waals surface area contributed by atoms with Crippen molar-refractivity contribution in [2.75, 3.05) is 12.3 Å². The van der Waals surface area contributed by atoms with E-state index in [-0.39, 0.29) is 24.0 Å². The van der Waals surface area contributed by atoms with Crippen LogP contribution in [0.15, 0.2) is 29.2 Å². The van der Waals surface area contributed by atoms with Crippen molar-refractivity contribution in [2.24, 2.45) is 0 Å². The second-order valence-corrected chi connectivity index (χ2v) is 5.04. The molecule has 0 saturated carbocycles. The van der Waals surface area contributed by atoms with Gasteiger partial charge in [-0.15, -0.1) is 11.8 Å². The molecule has 1 aromatic carbocycles. The van der Waals surface area contributed by atoms with Crippen LogP contribution in [0.5, 0.6) is 0 Å². The van der Waals surface area contributed by atoms with E-state index in [9.17, 15) is 14.3 Å². The first-order valence-corrected chi connectivity index (χ1v) is 6.93. The highest BCUT2D eigenvalue weighted by Gasteiger charge is 2.06. The number of carbonyl (C=O) groups is 1. The number of aliphatic hydroxyl groups is 1. The summed E-state index contributed by atoms with van der Waals surface area (Å²) in [5.41, 5.74) is 0. The standard InChI is InChI=1S/C13H18FNO2S/c1-2-3-11(16)8-15-13(17)9-18-12-6-4-10(14)5-7-12/h4-7,11,16H,2-3,8-9H2,1H3,(H,15,17). The Morgan fingerprint density at radius 1 is 1.44 bits per heavy atom. The summed E-state index contributed by atoms with van der Waals surface area (Å²) in [5.74, 6) is -0.143. The molecule has 0 bridgehead atoms. The molecule has 0 spiro atoms. The molecule has 0 fully saturated rings. The van der Waals surface area contributed by atoms with E-state index < -0.39 is 6.10 Å². The summed E-state index contributed by atoms with van der Waals surface area (Å²) in [6.07, 6.45) is 1.10. The normalized spacial score (nSPS) is 12.2. The average Bonchev–Trinajstić information content (AvgIpc) is 2.36. The lowest BCUT2D eigenvalue weighted by molar-refractivity contribution is -0.119. The van der Waals surface area contributed by atoms with E-state index in [1.807, 2.05) is 6.92 Å². The van der Waals surface area contributed by atoms with E-state index in [1.165, 1.54) is 23.9 Å². The summed E-state index contributed by atoms with van der Waals surface area (Å²) in [5, 5.41) is 12.1. The number of benzene rings is 1. The van der Waals surface area contributed by atoms with Crippen molar-refractivity contribution in [3.63, 3.8) is 0 Å². The van der Waals surface area contributed by atoms with Gasteiger partial charge < -0.3 is 10.4 Å². The first-order valence-electron chi connectivity index (χ1n) is 5.95. The molecule has 5 heteroatoms. The van der Waals surface area contributed by atoms with Gasteiger partial charge in [-0.1, -0.05) is 13.3 Å². The highest BCUT2D eigenvalue weighted by atomic mass is 32.2. The summed E-state index contributed by atoms with van der Waals surface area (Å²) in [6.45, 7) is 2.27. The number of amides is 1. The molecular formula is C13H18FNO2S. The van der Waals surface area contributed by atoms with Gasteiger partial charge in [0, 0.05) is 11.4 Å². The van der Waals surface area contributed by atoms with Gasteiger partial charge in [-0.3, -0.25) is 4.79 Å². The molecule has 1 rings (SSSR count). The Morgan fingerprint density at radius 3 is 2.72 bits per heavy atom. The molecule has 0 aromatic heterocycles. The number of rotatable bonds is 7. The van der Waals surface area contributed by atoms with Crippen molar-refractivity contribution < 1.29 is 14.3 Å². The van der Waals surface area contributed by atoms with E-state index in [0.29, 0.717) is 6.42 Å². The van der Waals surface area contributed by atoms with Crippen LogP contribution in [0, 0.1) is 5.82 Å². The van der Waals surface area contributed by atoms with Crippen molar-refractivity contribution in [1.82, 2.24) is 5.32 Å². The molecule has 1 amide bonds. The Balaban J connectivity index is 2.22. The number of hydrogen-bond acceptors (Lipinski definition) is 3. The van der Waals surface area contributed by atoms with Crippen LogP contribution in [-0.4, -0.2) is 29.4 Å². The van der Waals surface area contributed by atoms with Gasteiger partial charge >= 0.3 is 0 Å². The van der Waals surface area contributed by atoms with Crippen LogP contribution < -0.4 is 5.32 Å². The largest absolute Gasteiger partial charge is 0.391 e. The van der Waals surface area contributed by atoms with Gasteiger partial charge in [0.05, 0.1) is 11.9 Å². The topological polar surface area (TPSA) is 49.3 Å². The van der Waals surface area contributed by atoms with Gasteiger partial charge in [-0.05, 0) is 30.7 Å². The number of nitrogens with one attached hydrogen (secondary N) is 1. The molecule has 0 radical (unpaired) electrons. The van der Waals surface area contributed by atoms with Crippen molar-refractivity contribution in [1.29, 1.82) is 0 Å². The molecule has 0 aliphatic rings. The second kappa shape index (κ2) is 8.11. The molecule has 2 N–H and O–H groups in total. The Hall–Kier alpha value is -1.07. The zero-order valence-corrected chi connectivity index (χ0v) is 11.2. The molecule has 3 nitrogen and oxygen atoms in total. The lowest BCUT2D eigenvalue weighted by Gasteiger charge is -2.10. The summed E-state index contributed by atoms with van der Waals surface area (Å²) >= 11 is 1.34. The van der Waals surface area contributed by atoms with Gasteiger partial charge in [-0.25, -0.2) is 4.39 Å². The Kier molecular flexibility index (Phi) is 6.75. The minimum atomic E-state index is -0.477. The van der Waals surface area contributed by atoms with Crippen LogP contribution in [0.3, 0.4) is 0 Å². The predicted molar refractivity (Wildman–Crippen MR) is 71.0 cm³/mol. The quantitative estimate of drug-likeness (QED) is 0.747. The third-order valence-corrected chi connectivity index (χ3v) is 3.35. The average molecular weight is 271 g/mol. The first-order chi connectivity index (χ1) is 8.61. The molecule has 0 saturated heterocycles. The lowest BCUT2D eigenvalue weighted by Crippen LogP contribution is -2.33. The monoisotopic (exact) mass is 271 g/mol. The molecule has 1 atom stereocenters. The molecule has 0 heterocycles. The molecule has 1 aromatic rings. The summed E-state index contributed by atoms with van der Waals surface area (Å²) in [7, 11) is 0. The molecular weight excluding hydrogens is 253 g/mol. The molecule has 0 aliphatic heterocycles. The zero-order chi connectivity index (χ0) is 13.4. The third kappa shape index (κ3) is 6.02. The maximum Gasteiger partial charge on any atom is 0.230 e. The lowest BCUT2D eigenvalue weighted by atomic mass is 10.2. The fourth-order valence-corrected chi connectivity index (χ4v) is 2.13. The van der Waals surface area contributed by atoms with Gasteiger partial charge in [0.15, 0.2) is 0 Å². The third-order valence-electron chi connectivity index (χ3n) is 2.34. The highest BCUT2D eigenvalue weighted by Crippen LogP contribution is 2.17. The predicted octanol–water partition coefficient (Wildman–Crippen LogP) is 2.20. The van der Waals surface area contributed by atoms with Crippen LogP contribution >= 0.6 is 11.8 Å². The van der Waals surface area contributed by atoms with Gasteiger partial charge in [-0.2, -0.15) is 0 Å². The van der Waals surface area contributed by atoms with Crippen LogP contribution in [0.4, 0.5) is 4.39 Å².